The number of halogens is 1. The molecule has 0 saturated carbocycles. The number of amides is 1. The number of fused-ring (bicyclic) bond motifs is 1. The van der Waals surface area contributed by atoms with Crippen molar-refractivity contribution in [2.75, 3.05) is 40.4 Å². The van der Waals surface area contributed by atoms with Crippen LogP contribution in [-0.2, 0) is 4.79 Å². The molecule has 3 aromatic rings. The van der Waals surface area contributed by atoms with Gasteiger partial charge < -0.3 is 24.1 Å². The molecule has 1 aromatic carbocycles. The van der Waals surface area contributed by atoms with Crippen molar-refractivity contribution >= 4 is 23.2 Å². The first-order chi connectivity index (χ1) is 16.1. The van der Waals surface area contributed by atoms with Gasteiger partial charge in [0.05, 0.1) is 24.9 Å². The Hall–Kier alpha value is -2.77. The fourth-order valence-electron chi connectivity index (χ4n) is 4.45. The Kier molecular flexibility index (Phi) is 7.73. The first-order valence-corrected chi connectivity index (χ1v) is 11.8. The lowest BCUT2D eigenvalue weighted by atomic mass is 9.91. The number of pyridine rings is 1. The Morgan fingerprint density at radius 1 is 1.12 bits per heavy atom. The molecule has 1 saturated heterocycles. The zero-order chi connectivity index (χ0) is 23.2. The van der Waals surface area contributed by atoms with Gasteiger partial charge in [-0.05, 0) is 55.8 Å². The van der Waals surface area contributed by atoms with Crippen molar-refractivity contribution in [2.24, 2.45) is 0 Å². The zero-order valence-electron chi connectivity index (χ0n) is 19.2. The lowest BCUT2D eigenvalue weighted by Gasteiger charge is -2.26. The van der Waals surface area contributed by atoms with Crippen LogP contribution in [0.4, 0.5) is 0 Å². The maximum Gasteiger partial charge on any atom is 0.221 e. The van der Waals surface area contributed by atoms with Crippen LogP contribution in [0, 0.1) is 0 Å². The number of aromatic nitrogens is 2. The lowest BCUT2D eigenvalue weighted by molar-refractivity contribution is -0.121. The average molecular weight is 471 g/mol. The predicted octanol–water partition coefficient (Wildman–Crippen LogP) is 4.13. The minimum Gasteiger partial charge on any atom is -0.497 e. The van der Waals surface area contributed by atoms with E-state index in [4.69, 9.17) is 21.1 Å². The first kappa shape index (κ1) is 23.4. The number of imidazole rings is 1. The van der Waals surface area contributed by atoms with Crippen molar-refractivity contribution in [3.8, 4) is 11.5 Å². The van der Waals surface area contributed by atoms with Crippen molar-refractivity contribution in [1.29, 1.82) is 0 Å². The van der Waals surface area contributed by atoms with E-state index in [0.29, 0.717) is 23.1 Å². The molecule has 2 aromatic heterocycles. The molecule has 3 heterocycles. The number of nitrogens with zero attached hydrogens (tertiary/aromatic N) is 3. The van der Waals surface area contributed by atoms with Crippen LogP contribution in [-0.4, -0.2) is 60.6 Å². The van der Waals surface area contributed by atoms with Gasteiger partial charge in [0.1, 0.15) is 17.1 Å². The standard InChI is InChI=1S/C25H31ClN4O3/c1-32-20-12-18(13-21(14-20)33-2)22(23-16-28-24-7-6-19(26)17-30(23)24)15-25(31)27-8-11-29-9-4-3-5-10-29/h6-7,12-14,16-17,22H,3-5,8-11,15H2,1-2H3,(H,27,31). The van der Waals surface area contributed by atoms with E-state index in [-0.39, 0.29) is 18.2 Å². The Morgan fingerprint density at radius 2 is 1.85 bits per heavy atom. The number of methoxy groups -OCH3 is 2. The van der Waals surface area contributed by atoms with Gasteiger partial charge in [-0.3, -0.25) is 4.79 Å². The quantitative estimate of drug-likeness (QED) is 0.509. The molecule has 1 amide bonds. The molecule has 8 heteroatoms. The van der Waals surface area contributed by atoms with Crippen LogP contribution in [0.2, 0.25) is 5.02 Å². The van der Waals surface area contributed by atoms with Crippen LogP contribution in [0.3, 0.4) is 0 Å². The summed E-state index contributed by atoms with van der Waals surface area (Å²) in [6, 6.07) is 9.39. The summed E-state index contributed by atoms with van der Waals surface area (Å²) in [5.74, 6) is 1.09. The maximum atomic E-state index is 13.0. The first-order valence-electron chi connectivity index (χ1n) is 11.4. The van der Waals surface area contributed by atoms with Crippen LogP contribution < -0.4 is 14.8 Å². The smallest absolute Gasteiger partial charge is 0.221 e. The minimum absolute atomic E-state index is 0.00391. The number of piperidine rings is 1. The third kappa shape index (κ3) is 5.78. The van der Waals surface area contributed by atoms with Gasteiger partial charge in [0.2, 0.25) is 5.91 Å². The molecule has 0 spiro atoms. The summed E-state index contributed by atoms with van der Waals surface area (Å²) in [6.45, 7) is 3.76. The van der Waals surface area contributed by atoms with E-state index in [1.54, 1.807) is 14.2 Å². The summed E-state index contributed by atoms with van der Waals surface area (Å²) in [6.07, 6.45) is 7.70. The monoisotopic (exact) mass is 470 g/mol. The van der Waals surface area contributed by atoms with Gasteiger partial charge in [0.15, 0.2) is 0 Å². The fourth-order valence-corrected chi connectivity index (χ4v) is 4.61. The molecule has 0 aliphatic carbocycles. The van der Waals surface area contributed by atoms with Crippen molar-refractivity contribution in [1.82, 2.24) is 19.6 Å². The largest absolute Gasteiger partial charge is 0.497 e. The summed E-state index contributed by atoms with van der Waals surface area (Å²) in [4.78, 5) is 20.0. The summed E-state index contributed by atoms with van der Waals surface area (Å²) in [5.41, 5.74) is 2.58. The second kappa shape index (κ2) is 10.9. The number of benzene rings is 1. The molecule has 7 nitrogen and oxygen atoms in total. The number of carbonyl (C=O) groups is 1. The van der Waals surface area contributed by atoms with Crippen LogP contribution >= 0.6 is 11.6 Å². The molecule has 4 rings (SSSR count). The third-order valence-electron chi connectivity index (χ3n) is 6.22. The number of likely N-dealkylation sites (tertiary alicyclic amines) is 1. The maximum absolute atomic E-state index is 13.0. The highest BCUT2D eigenvalue weighted by Crippen LogP contribution is 2.34. The van der Waals surface area contributed by atoms with Crippen LogP contribution in [0.15, 0.2) is 42.7 Å². The normalized spacial score (nSPS) is 15.4. The van der Waals surface area contributed by atoms with E-state index in [2.05, 4.69) is 15.2 Å². The van der Waals surface area contributed by atoms with Crippen molar-refractivity contribution in [3.63, 3.8) is 0 Å². The summed E-state index contributed by atoms with van der Waals surface area (Å²) < 4.78 is 12.9. The number of hydrogen-bond donors (Lipinski definition) is 1. The predicted molar refractivity (Wildman–Crippen MR) is 130 cm³/mol. The molecule has 1 N–H and O–H groups in total. The summed E-state index contributed by atoms with van der Waals surface area (Å²) in [5, 5.41) is 3.72. The minimum atomic E-state index is -0.252. The summed E-state index contributed by atoms with van der Waals surface area (Å²) >= 11 is 6.27. The SMILES string of the molecule is COc1cc(OC)cc(C(CC(=O)NCCN2CCCCC2)c2cnc3ccc(Cl)cn23)c1. The molecule has 0 radical (unpaired) electrons. The van der Waals surface area contributed by atoms with Gasteiger partial charge >= 0.3 is 0 Å². The molecule has 0 bridgehead atoms. The Balaban J connectivity index is 1.59. The molecule has 1 atom stereocenters. The topological polar surface area (TPSA) is 68.1 Å². The molecule has 33 heavy (non-hydrogen) atoms. The van der Waals surface area contributed by atoms with Gasteiger partial charge in [0.25, 0.3) is 0 Å². The number of nitrogens with one attached hydrogen (secondary N) is 1. The molecule has 1 fully saturated rings. The molecule has 1 unspecified atom stereocenters. The molecular formula is C25H31ClN4O3. The molecule has 176 valence electrons. The number of hydrogen-bond acceptors (Lipinski definition) is 5. The second-order valence-electron chi connectivity index (χ2n) is 8.41. The van der Waals surface area contributed by atoms with Gasteiger partial charge in [-0.15, -0.1) is 0 Å². The number of ether oxygens (including phenoxy) is 2. The zero-order valence-corrected chi connectivity index (χ0v) is 20.0. The van der Waals surface area contributed by atoms with Crippen molar-refractivity contribution in [2.45, 2.75) is 31.6 Å². The summed E-state index contributed by atoms with van der Waals surface area (Å²) in [7, 11) is 3.24. The van der Waals surface area contributed by atoms with E-state index in [1.807, 2.05) is 47.1 Å². The van der Waals surface area contributed by atoms with E-state index in [9.17, 15) is 4.79 Å². The highest BCUT2D eigenvalue weighted by molar-refractivity contribution is 6.30. The van der Waals surface area contributed by atoms with E-state index < -0.39 is 0 Å². The number of carbonyl (C=O) groups excluding carboxylic acids is 1. The van der Waals surface area contributed by atoms with E-state index in [1.165, 1.54) is 19.3 Å². The second-order valence-corrected chi connectivity index (χ2v) is 8.85. The van der Waals surface area contributed by atoms with Crippen molar-refractivity contribution in [3.05, 3.63) is 59.0 Å². The van der Waals surface area contributed by atoms with Crippen LogP contribution in [0.5, 0.6) is 11.5 Å². The van der Waals surface area contributed by atoms with Gasteiger partial charge in [-0.2, -0.15) is 0 Å². The Morgan fingerprint density at radius 3 is 2.55 bits per heavy atom. The van der Waals surface area contributed by atoms with Gasteiger partial charge in [-0.1, -0.05) is 18.0 Å². The Bertz CT molecular complexity index is 1070. The average Bonchev–Trinajstić information content (AvgIpc) is 3.25. The molecule has 1 aliphatic heterocycles. The van der Waals surface area contributed by atoms with Gasteiger partial charge in [0, 0.05) is 43.9 Å². The van der Waals surface area contributed by atoms with Crippen LogP contribution in [0.25, 0.3) is 5.65 Å². The van der Waals surface area contributed by atoms with E-state index in [0.717, 1.165) is 36.5 Å². The lowest BCUT2D eigenvalue weighted by Crippen LogP contribution is -2.38. The van der Waals surface area contributed by atoms with Crippen molar-refractivity contribution < 1.29 is 14.3 Å². The van der Waals surface area contributed by atoms with Gasteiger partial charge in [-0.25, -0.2) is 4.98 Å². The number of rotatable bonds is 9. The van der Waals surface area contributed by atoms with Crippen LogP contribution in [0.1, 0.15) is 42.9 Å². The molecule has 1 aliphatic rings. The highest BCUT2D eigenvalue weighted by atomic mass is 35.5. The molecular weight excluding hydrogens is 440 g/mol. The third-order valence-corrected chi connectivity index (χ3v) is 6.44. The van der Waals surface area contributed by atoms with E-state index >= 15 is 0 Å². The Labute approximate surface area is 199 Å². The fraction of sp³-hybridized carbons (Fsp3) is 0.440. The highest BCUT2D eigenvalue weighted by Gasteiger charge is 2.24.